The number of para-hydroxylation sites is 1. The summed E-state index contributed by atoms with van der Waals surface area (Å²) in [7, 11) is 0. The van der Waals surface area contributed by atoms with Crippen molar-refractivity contribution in [1.29, 1.82) is 0 Å². The zero-order chi connectivity index (χ0) is 13.0. The first-order valence-corrected chi connectivity index (χ1v) is 6.91. The van der Waals surface area contributed by atoms with Crippen LogP contribution in [-0.4, -0.2) is 36.2 Å². The van der Waals surface area contributed by atoms with Gasteiger partial charge in [0.2, 0.25) is 0 Å². The highest BCUT2D eigenvalue weighted by Gasteiger charge is 2.24. The van der Waals surface area contributed by atoms with Gasteiger partial charge in [0, 0.05) is 37.8 Å². The lowest BCUT2D eigenvalue weighted by Crippen LogP contribution is -2.45. The largest absolute Gasteiger partial charge is 0.508 e. The number of rotatable bonds is 4. The van der Waals surface area contributed by atoms with Crippen LogP contribution in [0, 0.1) is 5.92 Å². The Kier molecular flexibility index (Phi) is 4.61. The van der Waals surface area contributed by atoms with Crippen molar-refractivity contribution < 1.29 is 5.11 Å². The lowest BCUT2D eigenvalue weighted by Gasteiger charge is -2.36. The van der Waals surface area contributed by atoms with Crippen LogP contribution in [0.15, 0.2) is 24.3 Å². The molecule has 3 nitrogen and oxygen atoms in total. The van der Waals surface area contributed by atoms with Gasteiger partial charge in [-0.3, -0.25) is 4.90 Å². The summed E-state index contributed by atoms with van der Waals surface area (Å²) in [4.78, 5) is 2.49. The Morgan fingerprint density at radius 2 is 1.89 bits per heavy atom. The molecule has 1 atom stereocenters. The van der Waals surface area contributed by atoms with E-state index >= 15 is 0 Å². The average Bonchev–Trinajstić information content (AvgIpc) is 2.38. The van der Waals surface area contributed by atoms with Crippen LogP contribution in [0.5, 0.6) is 5.75 Å². The number of phenolic OH excluding ortho intramolecular Hbond substituents is 1. The van der Waals surface area contributed by atoms with E-state index in [1.165, 1.54) is 0 Å². The summed E-state index contributed by atoms with van der Waals surface area (Å²) in [5, 5.41) is 13.5. The molecular weight excluding hydrogens is 224 g/mol. The maximum absolute atomic E-state index is 10.1. The maximum Gasteiger partial charge on any atom is 0.120 e. The van der Waals surface area contributed by atoms with Crippen LogP contribution in [0.4, 0.5) is 0 Å². The minimum atomic E-state index is 0.341. The van der Waals surface area contributed by atoms with Crippen LogP contribution in [0.2, 0.25) is 0 Å². The Labute approximate surface area is 110 Å². The van der Waals surface area contributed by atoms with Crippen molar-refractivity contribution in [2.24, 2.45) is 5.92 Å². The van der Waals surface area contributed by atoms with Crippen LogP contribution in [0.25, 0.3) is 0 Å². The Balaban J connectivity index is 2.21. The SMILES string of the molecule is CC(C)C[C@@H](c1ccccc1O)N1CCNCC1. The molecule has 0 radical (unpaired) electrons. The van der Waals surface area contributed by atoms with Gasteiger partial charge < -0.3 is 10.4 Å². The van der Waals surface area contributed by atoms with E-state index in [4.69, 9.17) is 0 Å². The Bertz CT molecular complexity index is 373. The lowest BCUT2D eigenvalue weighted by molar-refractivity contribution is 0.151. The van der Waals surface area contributed by atoms with Gasteiger partial charge in [-0.2, -0.15) is 0 Å². The summed E-state index contributed by atoms with van der Waals surface area (Å²) in [6, 6.07) is 8.11. The summed E-state index contributed by atoms with van der Waals surface area (Å²) in [6.07, 6.45) is 1.09. The monoisotopic (exact) mass is 248 g/mol. The van der Waals surface area contributed by atoms with Crippen LogP contribution in [-0.2, 0) is 0 Å². The number of hydrogen-bond donors (Lipinski definition) is 2. The molecule has 100 valence electrons. The molecule has 0 spiro atoms. The van der Waals surface area contributed by atoms with E-state index in [0.29, 0.717) is 17.7 Å². The number of hydrogen-bond acceptors (Lipinski definition) is 3. The van der Waals surface area contributed by atoms with Crippen molar-refractivity contribution in [1.82, 2.24) is 10.2 Å². The fourth-order valence-electron chi connectivity index (χ4n) is 2.68. The molecule has 1 aliphatic heterocycles. The third-order valence-electron chi connectivity index (χ3n) is 3.58. The molecule has 0 amide bonds. The molecule has 1 saturated heterocycles. The van der Waals surface area contributed by atoms with Gasteiger partial charge in [0.05, 0.1) is 0 Å². The predicted octanol–water partition coefficient (Wildman–Crippen LogP) is 2.38. The second-order valence-electron chi connectivity index (χ2n) is 5.49. The van der Waals surface area contributed by atoms with Crippen molar-refractivity contribution in [3.63, 3.8) is 0 Å². The molecule has 1 heterocycles. The summed E-state index contributed by atoms with van der Waals surface area (Å²) >= 11 is 0. The molecule has 1 fully saturated rings. The topological polar surface area (TPSA) is 35.5 Å². The van der Waals surface area contributed by atoms with Crippen LogP contribution in [0.3, 0.4) is 0 Å². The molecule has 1 aliphatic rings. The molecule has 3 heteroatoms. The molecule has 2 N–H and O–H groups in total. The highest BCUT2D eigenvalue weighted by atomic mass is 16.3. The summed E-state index contributed by atoms with van der Waals surface area (Å²) in [6.45, 7) is 8.70. The van der Waals surface area contributed by atoms with Crippen molar-refractivity contribution >= 4 is 0 Å². The zero-order valence-electron chi connectivity index (χ0n) is 11.4. The molecule has 18 heavy (non-hydrogen) atoms. The maximum atomic E-state index is 10.1. The molecule has 0 saturated carbocycles. The second kappa shape index (κ2) is 6.21. The molecule has 0 aromatic heterocycles. The number of benzene rings is 1. The smallest absolute Gasteiger partial charge is 0.120 e. The fraction of sp³-hybridized carbons (Fsp3) is 0.600. The van der Waals surface area contributed by atoms with Gasteiger partial charge >= 0.3 is 0 Å². The number of nitrogens with one attached hydrogen (secondary N) is 1. The molecule has 0 unspecified atom stereocenters. The fourth-order valence-corrected chi connectivity index (χ4v) is 2.68. The normalized spacial score (nSPS) is 19.1. The van der Waals surface area contributed by atoms with Gasteiger partial charge in [0.1, 0.15) is 5.75 Å². The molecule has 1 aromatic rings. The van der Waals surface area contributed by atoms with E-state index in [-0.39, 0.29) is 0 Å². The minimum Gasteiger partial charge on any atom is -0.508 e. The lowest BCUT2D eigenvalue weighted by atomic mass is 9.94. The number of phenols is 1. The third kappa shape index (κ3) is 3.24. The molecule has 0 aliphatic carbocycles. The summed E-state index contributed by atoms with van der Waals surface area (Å²) in [5.41, 5.74) is 1.08. The van der Waals surface area contributed by atoms with Crippen LogP contribution >= 0.6 is 0 Å². The van der Waals surface area contributed by atoms with Crippen molar-refractivity contribution in [3.8, 4) is 5.75 Å². The Hall–Kier alpha value is -1.06. The van der Waals surface area contributed by atoms with E-state index in [0.717, 1.165) is 38.2 Å². The Morgan fingerprint density at radius 1 is 1.22 bits per heavy atom. The minimum absolute atomic E-state index is 0.341. The van der Waals surface area contributed by atoms with Crippen molar-refractivity contribution in [2.75, 3.05) is 26.2 Å². The predicted molar refractivity (Wildman–Crippen MR) is 74.7 cm³/mol. The van der Waals surface area contributed by atoms with Gasteiger partial charge in [0.25, 0.3) is 0 Å². The molecule has 0 bridgehead atoms. The summed E-state index contributed by atoms with van der Waals surface area (Å²) < 4.78 is 0. The first-order valence-electron chi connectivity index (χ1n) is 6.91. The van der Waals surface area contributed by atoms with Gasteiger partial charge in [-0.25, -0.2) is 0 Å². The van der Waals surface area contributed by atoms with Gasteiger partial charge in [-0.1, -0.05) is 32.0 Å². The highest BCUT2D eigenvalue weighted by Crippen LogP contribution is 2.33. The Morgan fingerprint density at radius 3 is 2.50 bits per heavy atom. The quantitative estimate of drug-likeness (QED) is 0.859. The van der Waals surface area contributed by atoms with E-state index < -0.39 is 0 Å². The first-order chi connectivity index (χ1) is 8.68. The number of nitrogens with zero attached hydrogens (tertiary/aromatic N) is 1. The summed E-state index contributed by atoms with van der Waals surface area (Å²) in [5.74, 6) is 1.06. The number of aromatic hydroxyl groups is 1. The van der Waals surface area contributed by atoms with E-state index in [9.17, 15) is 5.11 Å². The van der Waals surface area contributed by atoms with E-state index in [1.54, 1.807) is 6.07 Å². The van der Waals surface area contributed by atoms with Crippen molar-refractivity contribution in [3.05, 3.63) is 29.8 Å². The number of piperazine rings is 1. The second-order valence-corrected chi connectivity index (χ2v) is 5.49. The van der Waals surface area contributed by atoms with E-state index in [1.807, 2.05) is 12.1 Å². The molecular formula is C15H24N2O. The van der Waals surface area contributed by atoms with E-state index in [2.05, 4.69) is 30.1 Å². The average molecular weight is 248 g/mol. The first kappa shape index (κ1) is 13.4. The highest BCUT2D eigenvalue weighted by molar-refractivity contribution is 5.34. The molecule has 2 rings (SSSR count). The van der Waals surface area contributed by atoms with Gasteiger partial charge in [-0.15, -0.1) is 0 Å². The zero-order valence-corrected chi connectivity index (χ0v) is 11.4. The third-order valence-corrected chi connectivity index (χ3v) is 3.58. The van der Waals surface area contributed by atoms with Gasteiger partial charge in [0.15, 0.2) is 0 Å². The van der Waals surface area contributed by atoms with Gasteiger partial charge in [-0.05, 0) is 18.4 Å². The van der Waals surface area contributed by atoms with Crippen molar-refractivity contribution in [2.45, 2.75) is 26.3 Å². The standard InChI is InChI=1S/C15H24N2O/c1-12(2)11-14(17-9-7-16-8-10-17)13-5-3-4-6-15(13)18/h3-6,12,14,16,18H,7-11H2,1-2H3/t14-/m0/s1. The van der Waals surface area contributed by atoms with Crippen LogP contribution < -0.4 is 5.32 Å². The molecule has 1 aromatic carbocycles. The van der Waals surface area contributed by atoms with Crippen LogP contribution in [0.1, 0.15) is 31.9 Å².